The van der Waals surface area contributed by atoms with Gasteiger partial charge in [-0.1, -0.05) is 13.0 Å². The Bertz CT molecular complexity index is 871. The van der Waals surface area contributed by atoms with E-state index in [1.807, 2.05) is 6.07 Å². The fourth-order valence-corrected chi connectivity index (χ4v) is 6.78. The van der Waals surface area contributed by atoms with Gasteiger partial charge < -0.3 is 15.2 Å². The minimum absolute atomic E-state index is 0.0487. The predicted molar refractivity (Wildman–Crippen MR) is 107 cm³/mol. The molecule has 0 radical (unpaired) electrons. The van der Waals surface area contributed by atoms with Crippen molar-refractivity contribution in [2.75, 3.05) is 20.2 Å². The maximum Gasteiger partial charge on any atom is 0.321 e. The van der Waals surface area contributed by atoms with Crippen molar-refractivity contribution in [1.82, 2.24) is 15.5 Å². The summed E-state index contributed by atoms with van der Waals surface area (Å²) in [4.78, 5) is 26.8. The molecule has 0 aromatic heterocycles. The van der Waals surface area contributed by atoms with E-state index in [0.29, 0.717) is 19.3 Å². The Morgan fingerprint density at radius 2 is 2.10 bits per heavy atom. The van der Waals surface area contributed by atoms with Crippen LogP contribution in [-0.4, -0.2) is 59.3 Å². The number of nitrogens with one attached hydrogen (secondary N) is 2. The van der Waals surface area contributed by atoms with E-state index in [1.165, 1.54) is 5.56 Å². The molecule has 2 aliphatic carbocycles. The Hall–Kier alpha value is -2.12. The summed E-state index contributed by atoms with van der Waals surface area (Å²) in [5, 5.41) is 17.7. The summed E-state index contributed by atoms with van der Waals surface area (Å²) >= 11 is 0. The Labute approximate surface area is 170 Å². The van der Waals surface area contributed by atoms with E-state index < -0.39 is 22.6 Å². The van der Waals surface area contributed by atoms with Gasteiger partial charge in [-0.05, 0) is 68.5 Å². The predicted octanol–water partition coefficient (Wildman–Crippen LogP) is 1.47. The third kappa shape index (κ3) is 2.50. The second-order valence-corrected chi connectivity index (χ2v) is 9.26. The van der Waals surface area contributed by atoms with E-state index in [9.17, 15) is 14.7 Å². The number of aliphatic hydroxyl groups is 1. The molecular formula is C22H29N3O4. The number of hydrogen-bond acceptors (Lipinski definition) is 5. The molecule has 3 fully saturated rings. The number of nitrogens with zero attached hydrogens (tertiary/aromatic N) is 1. The van der Waals surface area contributed by atoms with Crippen molar-refractivity contribution in [2.45, 2.75) is 68.0 Å². The molecule has 1 aromatic rings. The topological polar surface area (TPSA) is 90.9 Å². The summed E-state index contributed by atoms with van der Waals surface area (Å²) in [6, 6.07) is 5.80. The number of carbonyl (C=O) groups is 2. The van der Waals surface area contributed by atoms with Gasteiger partial charge in [0.2, 0.25) is 5.91 Å². The average Bonchev–Trinajstić information content (AvgIpc) is 2.68. The van der Waals surface area contributed by atoms with Crippen LogP contribution >= 0.6 is 0 Å². The van der Waals surface area contributed by atoms with Crippen molar-refractivity contribution < 1.29 is 19.4 Å². The summed E-state index contributed by atoms with van der Waals surface area (Å²) in [6.07, 6.45) is 3.62. The molecule has 1 saturated carbocycles. The molecule has 2 aliphatic heterocycles. The number of piperidine rings is 1. The highest BCUT2D eigenvalue weighted by molar-refractivity contribution is 5.98. The van der Waals surface area contributed by atoms with Gasteiger partial charge in [0.25, 0.3) is 0 Å². The Morgan fingerprint density at radius 1 is 1.28 bits per heavy atom. The lowest BCUT2D eigenvalue weighted by atomic mass is 9.46. The number of methoxy groups -OCH3 is 1. The van der Waals surface area contributed by atoms with E-state index >= 15 is 0 Å². The molecule has 3 amide bonds. The van der Waals surface area contributed by atoms with E-state index in [0.717, 1.165) is 37.2 Å². The number of urea groups is 1. The van der Waals surface area contributed by atoms with Crippen LogP contribution in [-0.2, 0) is 16.6 Å². The maximum atomic E-state index is 12.2. The number of likely N-dealkylation sites (tertiary alicyclic amines) is 1. The van der Waals surface area contributed by atoms with Gasteiger partial charge in [-0.3, -0.25) is 15.0 Å². The SMILES string of the molecule is CCN1CC[C@]23C[C@@]4(CC[C@@]2(O)C1Cc1ccc(OC)cc13)CC(=O)NC(=O)N4. The summed E-state index contributed by atoms with van der Waals surface area (Å²) in [7, 11) is 1.66. The molecular weight excluding hydrogens is 370 g/mol. The molecule has 7 heteroatoms. The molecule has 2 bridgehead atoms. The van der Waals surface area contributed by atoms with Gasteiger partial charge in [-0.15, -0.1) is 0 Å². The van der Waals surface area contributed by atoms with E-state index in [4.69, 9.17) is 4.74 Å². The van der Waals surface area contributed by atoms with Crippen LogP contribution in [0.3, 0.4) is 0 Å². The normalized spacial score (nSPS) is 38.7. The third-order valence-corrected chi connectivity index (χ3v) is 8.05. The van der Waals surface area contributed by atoms with E-state index in [-0.39, 0.29) is 18.4 Å². The zero-order chi connectivity index (χ0) is 20.4. The molecule has 1 unspecified atom stereocenters. The van der Waals surface area contributed by atoms with Crippen molar-refractivity contribution >= 4 is 11.9 Å². The Morgan fingerprint density at radius 3 is 2.83 bits per heavy atom. The standard InChI is InChI=1S/C22H29N3O4/c1-3-25-9-8-21-13-20(12-18(26)23-19(27)24-20)6-7-22(21,28)17(25)10-14-4-5-15(29-2)11-16(14)21/h4-5,11,17,28H,3,6-10,12-13H2,1-2H3,(H2,23,24,26,27)/t17?,20-,21-,22-/m1/s1. The molecule has 1 spiro atoms. The second-order valence-electron chi connectivity index (χ2n) is 9.26. The van der Waals surface area contributed by atoms with Crippen LogP contribution in [0.5, 0.6) is 5.75 Å². The lowest BCUT2D eigenvalue weighted by Gasteiger charge is -2.66. The lowest BCUT2D eigenvalue weighted by molar-refractivity contribution is -0.180. The fraction of sp³-hybridized carbons (Fsp3) is 0.636. The highest BCUT2D eigenvalue weighted by Gasteiger charge is 2.67. The number of carbonyl (C=O) groups excluding carboxylic acids is 2. The number of benzene rings is 1. The average molecular weight is 399 g/mol. The van der Waals surface area contributed by atoms with Crippen molar-refractivity contribution in [3.63, 3.8) is 0 Å². The number of likely N-dealkylation sites (N-methyl/N-ethyl adjacent to an activating group) is 1. The van der Waals surface area contributed by atoms with Gasteiger partial charge in [0.05, 0.1) is 24.7 Å². The third-order valence-electron chi connectivity index (χ3n) is 8.05. The molecule has 2 heterocycles. The van der Waals surface area contributed by atoms with Gasteiger partial charge in [0.15, 0.2) is 0 Å². The largest absolute Gasteiger partial charge is 0.497 e. The molecule has 4 aliphatic rings. The van der Waals surface area contributed by atoms with Crippen LogP contribution in [0.15, 0.2) is 18.2 Å². The van der Waals surface area contributed by atoms with Crippen molar-refractivity contribution in [2.24, 2.45) is 0 Å². The zero-order valence-corrected chi connectivity index (χ0v) is 17.1. The molecule has 4 atom stereocenters. The lowest BCUT2D eigenvalue weighted by Crippen LogP contribution is -2.77. The summed E-state index contributed by atoms with van der Waals surface area (Å²) < 4.78 is 5.51. The minimum atomic E-state index is -0.884. The van der Waals surface area contributed by atoms with Gasteiger partial charge in [-0.2, -0.15) is 0 Å². The van der Waals surface area contributed by atoms with Crippen molar-refractivity contribution in [3.05, 3.63) is 29.3 Å². The minimum Gasteiger partial charge on any atom is -0.497 e. The Balaban J connectivity index is 1.67. The first-order valence-corrected chi connectivity index (χ1v) is 10.6. The highest BCUT2D eigenvalue weighted by Crippen LogP contribution is 2.61. The van der Waals surface area contributed by atoms with Gasteiger partial charge in [0.1, 0.15) is 5.75 Å². The van der Waals surface area contributed by atoms with Crippen molar-refractivity contribution in [1.29, 1.82) is 0 Å². The Kier molecular flexibility index (Phi) is 4.03. The monoisotopic (exact) mass is 399 g/mol. The summed E-state index contributed by atoms with van der Waals surface area (Å²) in [6.45, 7) is 3.95. The highest BCUT2D eigenvalue weighted by atomic mass is 16.5. The summed E-state index contributed by atoms with van der Waals surface area (Å²) in [5.41, 5.74) is 0.370. The van der Waals surface area contributed by atoms with E-state index in [2.05, 4.69) is 34.6 Å². The van der Waals surface area contributed by atoms with Crippen LogP contribution in [0.2, 0.25) is 0 Å². The maximum absolute atomic E-state index is 12.2. The van der Waals surface area contributed by atoms with Crippen LogP contribution in [0.25, 0.3) is 0 Å². The zero-order valence-electron chi connectivity index (χ0n) is 17.1. The van der Waals surface area contributed by atoms with Gasteiger partial charge in [-0.25, -0.2) is 4.79 Å². The van der Waals surface area contributed by atoms with Crippen LogP contribution in [0.1, 0.15) is 50.2 Å². The molecule has 1 aromatic carbocycles. The first kappa shape index (κ1) is 18.9. The molecule has 29 heavy (non-hydrogen) atoms. The van der Waals surface area contributed by atoms with Crippen molar-refractivity contribution in [3.8, 4) is 5.75 Å². The first-order valence-electron chi connectivity index (χ1n) is 10.6. The fourth-order valence-electron chi connectivity index (χ4n) is 6.78. The van der Waals surface area contributed by atoms with Gasteiger partial charge >= 0.3 is 6.03 Å². The van der Waals surface area contributed by atoms with Crippen LogP contribution in [0, 0.1) is 0 Å². The quantitative estimate of drug-likeness (QED) is 0.701. The van der Waals surface area contributed by atoms with Crippen LogP contribution in [0.4, 0.5) is 4.79 Å². The van der Waals surface area contributed by atoms with Gasteiger partial charge in [0, 0.05) is 11.5 Å². The number of rotatable bonds is 2. The van der Waals surface area contributed by atoms with Crippen LogP contribution < -0.4 is 15.4 Å². The van der Waals surface area contributed by atoms with E-state index in [1.54, 1.807) is 7.11 Å². The second kappa shape index (κ2) is 6.19. The number of ether oxygens (including phenoxy) is 1. The first-order chi connectivity index (χ1) is 13.8. The molecule has 156 valence electrons. The molecule has 2 saturated heterocycles. The number of amides is 3. The number of imide groups is 1. The molecule has 7 nitrogen and oxygen atoms in total. The summed E-state index contributed by atoms with van der Waals surface area (Å²) in [5.74, 6) is 0.543. The smallest absolute Gasteiger partial charge is 0.321 e. The molecule has 5 rings (SSSR count). The molecule has 3 N–H and O–H groups in total. The number of hydrogen-bond donors (Lipinski definition) is 3. The number of fused-ring (bicyclic) bond motifs is 1.